The van der Waals surface area contributed by atoms with Crippen molar-refractivity contribution in [2.24, 2.45) is 5.73 Å². The van der Waals surface area contributed by atoms with Gasteiger partial charge in [-0.1, -0.05) is 12.2 Å². The first-order valence-corrected chi connectivity index (χ1v) is 5.08. The zero-order chi connectivity index (χ0) is 12.1. The molecule has 1 aromatic heterocycles. The van der Waals surface area contributed by atoms with E-state index >= 15 is 0 Å². The molecule has 0 fully saturated rings. The molecule has 0 bridgehead atoms. The predicted molar refractivity (Wildman–Crippen MR) is 66.1 cm³/mol. The molecule has 0 atom stereocenters. The third-order valence-electron chi connectivity index (χ3n) is 2.05. The molecule has 3 N–H and O–H groups in total. The van der Waals surface area contributed by atoms with Gasteiger partial charge < -0.3 is 20.4 Å². The Labute approximate surface area is 98.4 Å². The number of aromatic amines is 1. The maximum absolute atomic E-state index is 11.4. The van der Waals surface area contributed by atoms with Gasteiger partial charge in [0.15, 0.2) is 5.82 Å². The van der Waals surface area contributed by atoms with Gasteiger partial charge in [-0.3, -0.25) is 4.79 Å². The maximum Gasteiger partial charge on any atom is 0.295 e. The minimum absolute atomic E-state index is 0.188. The molecule has 6 nitrogen and oxygen atoms in total. The lowest BCUT2D eigenvalue weighted by Gasteiger charge is -2.19. The summed E-state index contributed by atoms with van der Waals surface area (Å²) >= 11 is 4.78. The van der Waals surface area contributed by atoms with Gasteiger partial charge in [0.1, 0.15) is 0 Å². The molecule has 0 aromatic carbocycles. The normalized spacial score (nSPS) is 9.88. The molecule has 1 rings (SSSR count). The molecule has 1 aromatic rings. The van der Waals surface area contributed by atoms with E-state index in [2.05, 4.69) is 9.97 Å². The zero-order valence-corrected chi connectivity index (χ0v) is 10.0. The third-order valence-corrected chi connectivity index (χ3v) is 2.26. The molecule has 0 radical (unpaired) electrons. The van der Waals surface area contributed by atoms with E-state index in [-0.39, 0.29) is 11.3 Å². The Bertz CT molecular complexity index is 432. The highest BCUT2D eigenvalue weighted by Crippen LogP contribution is 2.18. The summed E-state index contributed by atoms with van der Waals surface area (Å²) < 4.78 is 4.99. The van der Waals surface area contributed by atoms with Crippen molar-refractivity contribution in [3.63, 3.8) is 0 Å². The number of rotatable bonds is 5. The van der Waals surface area contributed by atoms with Crippen LogP contribution in [0.1, 0.15) is 6.42 Å². The van der Waals surface area contributed by atoms with Crippen LogP contribution in [0.15, 0.2) is 11.1 Å². The van der Waals surface area contributed by atoms with Crippen LogP contribution in [-0.2, 0) is 0 Å². The molecule has 7 heteroatoms. The van der Waals surface area contributed by atoms with Crippen molar-refractivity contribution in [3.8, 4) is 5.75 Å². The van der Waals surface area contributed by atoms with E-state index in [1.807, 2.05) is 0 Å². The van der Waals surface area contributed by atoms with E-state index in [4.69, 9.17) is 22.7 Å². The monoisotopic (exact) mass is 242 g/mol. The molecule has 0 unspecified atom stereocenters. The molecule has 0 saturated carbocycles. The first kappa shape index (κ1) is 12.4. The highest BCUT2D eigenvalue weighted by Gasteiger charge is 2.12. The summed E-state index contributed by atoms with van der Waals surface area (Å²) in [7, 11) is 3.22. The summed E-state index contributed by atoms with van der Waals surface area (Å²) in [4.78, 5) is 20.1. The Morgan fingerprint density at radius 3 is 3.00 bits per heavy atom. The van der Waals surface area contributed by atoms with E-state index < -0.39 is 0 Å². The average molecular weight is 242 g/mol. The topological polar surface area (TPSA) is 84.2 Å². The predicted octanol–water partition coefficient (Wildman–Crippen LogP) is -0.109. The fourth-order valence-corrected chi connectivity index (χ4v) is 1.31. The van der Waals surface area contributed by atoms with Crippen LogP contribution in [0.25, 0.3) is 0 Å². The quantitative estimate of drug-likeness (QED) is 0.701. The van der Waals surface area contributed by atoms with Gasteiger partial charge in [0.25, 0.3) is 5.56 Å². The average Bonchev–Trinajstić information content (AvgIpc) is 2.25. The standard InChI is InChI=1S/C9H14N4O2S/c1-13(4-3-6(10)16)8-7(15-2)9(14)12-5-11-8/h5H,3-4H2,1-2H3,(H2,10,16)(H,11,12,14). The van der Waals surface area contributed by atoms with Crippen molar-refractivity contribution >= 4 is 23.0 Å². The molecule has 0 aliphatic carbocycles. The number of nitrogens with one attached hydrogen (secondary N) is 1. The van der Waals surface area contributed by atoms with Crippen molar-refractivity contribution in [2.45, 2.75) is 6.42 Å². The van der Waals surface area contributed by atoms with Gasteiger partial charge in [0.2, 0.25) is 5.75 Å². The Morgan fingerprint density at radius 1 is 1.75 bits per heavy atom. The lowest BCUT2D eigenvalue weighted by molar-refractivity contribution is 0.406. The Hall–Kier alpha value is -1.63. The number of H-pyrrole nitrogens is 1. The molecule has 16 heavy (non-hydrogen) atoms. The van der Waals surface area contributed by atoms with Crippen molar-refractivity contribution in [3.05, 3.63) is 16.7 Å². The van der Waals surface area contributed by atoms with Crippen molar-refractivity contribution in [1.29, 1.82) is 0 Å². The van der Waals surface area contributed by atoms with E-state index in [0.29, 0.717) is 23.8 Å². The summed E-state index contributed by atoms with van der Waals surface area (Å²) in [5, 5.41) is 0. The van der Waals surface area contributed by atoms with Crippen molar-refractivity contribution in [2.75, 3.05) is 25.6 Å². The smallest absolute Gasteiger partial charge is 0.295 e. The van der Waals surface area contributed by atoms with Gasteiger partial charge in [-0.25, -0.2) is 4.98 Å². The summed E-state index contributed by atoms with van der Waals surface area (Å²) in [6.45, 7) is 0.585. The minimum atomic E-state index is -0.310. The second kappa shape index (κ2) is 5.45. The van der Waals surface area contributed by atoms with Gasteiger partial charge >= 0.3 is 0 Å². The number of hydrogen-bond donors (Lipinski definition) is 2. The SMILES string of the molecule is COc1c(N(C)CCC(N)=S)nc[nH]c1=O. The number of nitrogens with zero attached hydrogens (tertiary/aromatic N) is 2. The Kier molecular flexibility index (Phi) is 4.24. The molecule has 0 aliphatic heterocycles. The van der Waals surface area contributed by atoms with Crippen LogP contribution < -0.4 is 20.9 Å². The first-order valence-electron chi connectivity index (χ1n) is 4.67. The van der Waals surface area contributed by atoms with Crippen molar-refractivity contribution < 1.29 is 4.74 Å². The van der Waals surface area contributed by atoms with Crippen LogP contribution in [0, 0.1) is 0 Å². The van der Waals surface area contributed by atoms with Gasteiger partial charge in [-0.15, -0.1) is 0 Å². The summed E-state index contributed by atoms with van der Waals surface area (Å²) in [5.41, 5.74) is 5.09. The highest BCUT2D eigenvalue weighted by molar-refractivity contribution is 7.80. The summed E-state index contributed by atoms with van der Waals surface area (Å²) in [6, 6.07) is 0. The molecule has 0 spiro atoms. The van der Waals surface area contributed by atoms with Crippen LogP contribution in [0.4, 0.5) is 5.82 Å². The van der Waals surface area contributed by atoms with Crippen LogP contribution in [0.2, 0.25) is 0 Å². The molecular weight excluding hydrogens is 228 g/mol. The molecule has 0 aliphatic rings. The van der Waals surface area contributed by atoms with Crippen LogP contribution in [-0.4, -0.2) is 35.7 Å². The lowest BCUT2D eigenvalue weighted by atomic mass is 10.4. The second-order valence-electron chi connectivity index (χ2n) is 3.23. The molecule has 1 heterocycles. The number of anilines is 1. The molecule has 0 saturated heterocycles. The lowest BCUT2D eigenvalue weighted by Crippen LogP contribution is -2.26. The van der Waals surface area contributed by atoms with E-state index in [1.165, 1.54) is 13.4 Å². The first-order chi connectivity index (χ1) is 7.56. The number of methoxy groups -OCH3 is 1. The fourth-order valence-electron chi connectivity index (χ4n) is 1.22. The summed E-state index contributed by atoms with van der Waals surface area (Å²) in [5.74, 6) is 0.662. The largest absolute Gasteiger partial charge is 0.489 e. The number of hydrogen-bond acceptors (Lipinski definition) is 5. The van der Waals surface area contributed by atoms with Gasteiger partial charge in [-0.2, -0.15) is 0 Å². The van der Waals surface area contributed by atoms with Gasteiger partial charge in [0.05, 0.1) is 18.4 Å². The van der Waals surface area contributed by atoms with Crippen LogP contribution >= 0.6 is 12.2 Å². The third kappa shape index (κ3) is 2.93. The molecular formula is C9H14N4O2S. The fraction of sp³-hybridized carbons (Fsp3) is 0.444. The number of ether oxygens (including phenoxy) is 1. The maximum atomic E-state index is 11.4. The Morgan fingerprint density at radius 2 is 2.44 bits per heavy atom. The number of aromatic nitrogens is 2. The van der Waals surface area contributed by atoms with Gasteiger partial charge in [-0.05, 0) is 0 Å². The molecule has 0 amide bonds. The zero-order valence-electron chi connectivity index (χ0n) is 9.19. The van der Waals surface area contributed by atoms with E-state index in [1.54, 1.807) is 11.9 Å². The summed E-state index contributed by atoms with van der Waals surface area (Å²) in [6.07, 6.45) is 1.89. The number of nitrogens with two attached hydrogens (primary N) is 1. The Balaban J connectivity index is 2.90. The minimum Gasteiger partial charge on any atom is -0.489 e. The van der Waals surface area contributed by atoms with E-state index in [0.717, 1.165) is 0 Å². The van der Waals surface area contributed by atoms with Gasteiger partial charge in [0, 0.05) is 20.0 Å². The van der Waals surface area contributed by atoms with Crippen LogP contribution in [0.5, 0.6) is 5.75 Å². The second-order valence-corrected chi connectivity index (χ2v) is 3.75. The highest BCUT2D eigenvalue weighted by atomic mass is 32.1. The van der Waals surface area contributed by atoms with Crippen LogP contribution in [0.3, 0.4) is 0 Å². The number of thiocarbonyl (C=S) groups is 1. The van der Waals surface area contributed by atoms with E-state index in [9.17, 15) is 4.79 Å². The molecule has 88 valence electrons. The van der Waals surface area contributed by atoms with Crippen molar-refractivity contribution in [1.82, 2.24) is 9.97 Å².